The quantitative estimate of drug-likeness (QED) is 0.557. The molecule has 3 nitrogen and oxygen atoms in total. The van der Waals surface area contributed by atoms with Crippen molar-refractivity contribution >= 4 is 6.47 Å². The highest BCUT2D eigenvalue weighted by Gasteiger charge is 2.07. The predicted molar refractivity (Wildman–Crippen MR) is 75.8 cm³/mol. The molecule has 0 aliphatic carbocycles. The lowest BCUT2D eigenvalue weighted by Gasteiger charge is -2.14. The maximum absolute atomic E-state index is 9.60. The summed E-state index contributed by atoms with van der Waals surface area (Å²) in [5.41, 5.74) is -0.318. The lowest BCUT2D eigenvalue weighted by Crippen LogP contribution is -2.17. The SMILES string of the molecule is C=C.CC.CC.CC(C)(C)OC=O.CNC. The third-order valence-corrected chi connectivity index (χ3v) is 0.402. The third kappa shape index (κ3) is 194. The fraction of sp³-hybridized carbons (Fsp3) is 0.769. The van der Waals surface area contributed by atoms with Gasteiger partial charge in [0.05, 0.1) is 0 Å². The monoisotopic (exact) mass is 235 g/mol. The van der Waals surface area contributed by atoms with E-state index in [1.807, 2.05) is 62.6 Å². The topological polar surface area (TPSA) is 38.3 Å². The normalized spacial score (nSPS) is 6.81. The number of ether oxygens (including phenoxy) is 1. The summed E-state index contributed by atoms with van der Waals surface area (Å²) in [6, 6.07) is 0. The maximum Gasteiger partial charge on any atom is 0.293 e. The van der Waals surface area contributed by atoms with Crippen molar-refractivity contribution in [2.24, 2.45) is 0 Å². The first-order chi connectivity index (χ1) is 7.47. The Kier molecular flexibility index (Phi) is 67.8. The predicted octanol–water partition coefficient (Wildman–Crippen LogP) is 3.65. The van der Waals surface area contributed by atoms with Gasteiger partial charge in [-0.15, -0.1) is 13.2 Å². The van der Waals surface area contributed by atoms with Gasteiger partial charge in [0.15, 0.2) is 0 Å². The molecule has 0 saturated heterocycles. The first kappa shape index (κ1) is 29.4. The van der Waals surface area contributed by atoms with Gasteiger partial charge in [0, 0.05) is 0 Å². The van der Waals surface area contributed by atoms with Gasteiger partial charge in [0.2, 0.25) is 0 Å². The summed E-state index contributed by atoms with van der Waals surface area (Å²) in [5, 5.41) is 2.75. The molecule has 0 radical (unpaired) electrons. The third-order valence-electron chi connectivity index (χ3n) is 0.402. The van der Waals surface area contributed by atoms with Crippen LogP contribution in [0, 0.1) is 0 Å². The highest BCUT2D eigenvalue weighted by Crippen LogP contribution is 2.02. The van der Waals surface area contributed by atoms with Crippen LogP contribution in [0.1, 0.15) is 48.5 Å². The second-order valence-electron chi connectivity index (χ2n) is 2.83. The molecule has 0 aromatic heterocycles. The highest BCUT2D eigenvalue weighted by atomic mass is 16.5. The lowest BCUT2D eigenvalue weighted by atomic mass is 10.2. The van der Waals surface area contributed by atoms with Crippen molar-refractivity contribution in [1.29, 1.82) is 0 Å². The van der Waals surface area contributed by atoms with Crippen LogP contribution in [-0.2, 0) is 9.53 Å². The Morgan fingerprint density at radius 3 is 1.19 bits per heavy atom. The van der Waals surface area contributed by atoms with E-state index < -0.39 is 0 Å². The zero-order valence-electron chi connectivity index (χ0n) is 12.8. The van der Waals surface area contributed by atoms with Gasteiger partial charge in [-0.25, -0.2) is 0 Å². The van der Waals surface area contributed by atoms with Crippen LogP contribution in [0.15, 0.2) is 13.2 Å². The molecule has 0 unspecified atom stereocenters. The molecule has 1 N–H and O–H groups in total. The van der Waals surface area contributed by atoms with Crippen molar-refractivity contribution in [3.8, 4) is 0 Å². The molecule has 0 amide bonds. The summed E-state index contributed by atoms with van der Waals surface area (Å²) in [7, 11) is 3.75. The molecule has 0 rings (SSSR count). The summed E-state index contributed by atoms with van der Waals surface area (Å²) in [4.78, 5) is 9.60. The van der Waals surface area contributed by atoms with E-state index in [1.165, 1.54) is 0 Å². The molecule has 0 atom stereocenters. The van der Waals surface area contributed by atoms with Crippen LogP contribution in [-0.4, -0.2) is 26.2 Å². The van der Waals surface area contributed by atoms with Crippen LogP contribution < -0.4 is 5.32 Å². The zero-order valence-corrected chi connectivity index (χ0v) is 12.8. The van der Waals surface area contributed by atoms with Crippen molar-refractivity contribution < 1.29 is 9.53 Å². The summed E-state index contributed by atoms with van der Waals surface area (Å²) < 4.78 is 4.55. The molecule has 0 aromatic carbocycles. The Morgan fingerprint density at radius 1 is 1.00 bits per heavy atom. The average molecular weight is 235 g/mol. The minimum absolute atomic E-state index is 0.318. The van der Waals surface area contributed by atoms with E-state index in [-0.39, 0.29) is 5.60 Å². The number of hydrogen-bond donors (Lipinski definition) is 1. The Labute approximate surface area is 103 Å². The number of carbonyl (C=O) groups excluding carboxylic acids is 1. The molecule has 0 heterocycles. The number of nitrogens with one attached hydrogen (secondary N) is 1. The van der Waals surface area contributed by atoms with Gasteiger partial charge in [-0.05, 0) is 34.9 Å². The van der Waals surface area contributed by atoms with Crippen LogP contribution in [0.3, 0.4) is 0 Å². The van der Waals surface area contributed by atoms with Gasteiger partial charge in [-0.1, -0.05) is 27.7 Å². The molecule has 3 heteroatoms. The lowest BCUT2D eigenvalue weighted by molar-refractivity contribution is -0.138. The molecular weight excluding hydrogens is 202 g/mol. The van der Waals surface area contributed by atoms with Gasteiger partial charge >= 0.3 is 0 Å². The molecular formula is C13H33NO2. The largest absolute Gasteiger partial charge is 0.462 e. The summed E-state index contributed by atoms with van der Waals surface area (Å²) >= 11 is 0. The molecule has 0 bridgehead atoms. The Hall–Kier alpha value is -0.830. The minimum Gasteiger partial charge on any atom is -0.462 e. The standard InChI is InChI=1S/C5H10O2.C2H7N.2C2H6.C2H4/c1-5(2,3)7-4-6;1-3-2;3*1-2/h4H,1-3H3;3H,1-2H3;2*1-2H3;1-2H2. The second-order valence-corrected chi connectivity index (χ2v) is 2.83. The molecule has 16 heavy (non-hydrogen) atoms. The van der Waals surface area contributed by atoms with E-state index >= 15 is 0 Å². The van der Waals surface area contributed by atoms with E-state index in [4.69, 9.17) is 0 Å². The molecule has 0 aromatic rings. The first-order valence-corrected chi connectivity index (χ1v) is 5.68. The zero-order chi connectivity index (χ0) is 14.6. The summed E-state index contributed by atoms with van der Waals surface area (Å²) in [5.74, 6) is 0. The number of rotatable bonds is 1. The van der Waals surface area contributed by atoms with Gasteiger partial charge in [-0.3, -0.25) is 4.79 Å². The van der Waals surface area contributed by atoms with Crippen molar-refractivity contribution in [3.05, 3.63) is 13.2 Å². The Morgan fingerprint density at radius 2 is 1.19 bits per heavy atom. The first-order valence-electron chi connectivity index (χ1n) is 5.68. The highest BCUT2D eigenvalue weighted by molar-refractivity contribution is 5.37. The van der Waals surface area contributed by atoms with Crippen LogP contribution in [0.5, 0.6) is 0 Å². The molecule has 0 fully saturated rings. The summed E-state index contributed by atoms with van der Waals surface area (Å²) in [6.45, 7) is 19.9. The minimum atomic E-state index is -0.318. The fourth-order valence-electron chi connectivity index (χ4n) is 0.144. The Balaban J connectivity index is -0.0000000379. The van der Waals surface area contributed by atoms with Crippen LogP contribution in [0.2, 0.25) is 0 Å². The smallest absolute Gasteiger partial charge is 0.293 e. The molecule has 102 valence electrons. The molecule has 0 spiro atoms. The van der Waals surface area contributed by atoms with Gasteiger partial charge in [0.25, 0.3) is 6.47 Å². The van der Waals surface area contributed by atoms with E-state index in [0.717, 1.165) is 0 Å². The molecule has 0 aliphatic heterocycles. The van der Waals surface area contributed by atoms with E-state index in [2.05, 4.69) is 23.2 Å². The van der Waals surface area contributed by atoms with Crippen LogP contribution >= 0.6 is 0 Å². The van der Waals surface area contributed by atoms with Crippen molar-refractivity contribution in [1.82, 2.24) is 5.32 Å². The number of carbonyl (C=O) groups is 1. The fourth-order valence-corrected chi connectivity index (χ4v) is 0.144. The van der Waals surface area contributed by atoms with Crippen LogP contribution in [0.4, 0.5) is 0 Å². The van der Waals surface area contributed by atoms with E-state index in [0.29, 0.717) is 6.47 Å². The molecule has 0 saturated carbocycles. The average Bonchev–Trinajstić information content (AvgIpc) is 2.26. The second kappa shape index (κ2) is 36.8. The van der Waals surface area contributed by atoms with Crippen LogP contribution in [0.25, 0.3) is 0 Å². The number of hydrogen-bond acceptors (Lipinski definition) is 3. The summed E-state index contributed by atoms with van der Waals surface area (Å²) in [6.07, 6.45) is 0. The van der Waals surface area contributed by atoms with E-state index in [1.54, 1.807) is 0 Å². The van der Waals surface area contributed by atoms with Gasteiger partial charge in [-0.2, -0.15) is 0 Å². The molecule has 0 aliphatic rings. The van der Waals surface area contributed by atoms with Crippen molar-refractivity contribution in [2.75, 3.05) is 14.1 Å². The van der Waals surface area contributed by atoms with Gasteiger partial charge < -0.3 is 10.1 Å². The van der Waals surface area contributed by atoms with Gasteiger partial charge in [0.1, 0.15) is 5.60 Å². The van der Waals surface area contributed by atoms with Crippen molar-refractivity contribution in [3.63, 3.8) is 0 Å². The van der Waals surface area contributed by atoms with Crippen molar-refractivity contribution in [2.45, 2.75) is 54.1 Å². The maximum atomic E-state index is 9.60. The van der Waals surface area contributed by atoms with E-state index in [9.17, 15) is 4.79 Å². The Bertz CT molecular complexity index is 88.4.